The molecule has 6 unspecified atom stereocenters. The van der Waals surface area contributed by atoms with Gasteiger partial charge in [0.2, 0.25) is 0 Å². The van der Waals surface area contributed by atoms with Crippen LogP contribution in [0.15, 0.2) is 0 Å². The molecule has 158 valence electrons. The Labute approximate surface area is 191 Å². The third-order valence-electron chi connectivity index (χ3n) is 7.22. The van der Waals surface area contributed by atoms with Gasteiger partial charge in [-0.15, -0.1) is 6.22 Å². The van der Waals surface area contributed by atoms with E-state index in [-0.39, 0.29) is 0 Å². The largest absolute Gasteiger partial charge is 0.107 e. The van der Waals surface area contributed by atoms with Crippen LogP contribution in [-0.2, 0) is 0 Å². The molecule has 0 spiro atoms. The van der Waals surface area contributed by atoms with E-state index in [0.29, 0.717) is 24.8 Å². The molecule has 0 saturated carbocycles. The minimum absolute atomic E-state index is 0.302. The van der Waals surface area contributed by atoms with Crippen molar-refractivity contribution in [1.82, 2.24) is 0 Å². The van der Waals surface area contributed by atoms with Gasteiger partial charge in [0, 0.05) is 22.5 Å². The van der Waals surface area contributed by atoms with E-state index in [1.165, 1.54) is 44.8 Å². The van der Waals surface area contributed by atoms with Gasteiger partial charge in [-0.1, -0.05) is 105 Å². The van der Waals surface area contributed by atoms with Crippen LogP contribution in [0.25, 0.3) is 0 Å². The van der Waals surface area contributed by atoms with Gasteiger partial charge in [-0.25, -0.2) is 0 Å². The fraction of sp³-hybridized carbons (Fsp3) is 1.00. The SMILES string of the molecule is [B][B]B(CC)CCC(C)CC(C)CC(C)B([B])C[B]C(C)CC(C)CC(C)CC. The summed E-state index contributed by atoms with van der Waals surface area (Å²) in [6, 6.07) is 0. The molecular weight excluding hydrogens is 341 g/mol. The summed E-state index contributed by atoms with van der Waals surface area (Å²) in [5.74, 6) is 4.47. The molecule has 0 bridgehead atoms. The highest BCUT2D eigenvalue weighted by molar-refractivity contribution is 7.31. The third kappa shape index (κ3) is 14.9. The van der Waals surface area contributed by atoms with Crippen molar-refractivity contribution in [3.05, 3.63) is 0 Å². The lowest BCUT2D eigenvalue weighted by atomic mass is 9.12. The predicted octanol–water partition coefficient (Wildman–Crippen LogP) is 6.71. The van der Waals surface area contributed by atoms with Crippen LogP contribution in [0, 0.1) is 23.7 Å². The average molecular weight is 390 g/mol. The maximum Gasteiger partial charge on any atom is 0.104 e. The smallest absolute Gasteiger partial charge is 0.104 e. The van der Waals surface area contributed by atoms with Crippen molar-refractivity contribution in [2.24, 2.45) is 23.7 Å². The summed E-state index contributed by atoms with van der Waals surface area (Å²) in [7, 11) is 16.7. The first-order chi connectivity index (χ1) is 13.6. The summed E-state index contributed by atoms with van der Waals surface area (Å²) in [5.41, 5.74) is 0. The molecule has 0 amide bonds. The molecule has 0 aromatic rings. The Morgan fingerprint density at radius 2 is 1.38 bits per heavy atom. The maximum atomic E-state index is 6.56. The van der Waals surface area contributed by atoms with E-state index >= 15 is 0 Å². The lowest BCUT2D eigenvalue weighted by Gasteiger charge is -2.25. The van der Waals surface area contributed by atoms with Crippen LogP contribution >= 0.6 is 0 Å². The Kier molecular flexibility index (Phi) is 17.2. The van der Waals surface area contributed by atoms with Crippen molar-refractivity contribution in [2.75, 3.05) is 0 Å². The highest BCUT2D eigenvalue weighted by Crippen LogP contribution is 2.29. The number of hydrogen-bond donors (Lipinski definition) is 0. The van der Waals surface area contributed by atoms with Crippen LogP contribution in [-0.4, -0.2) is 43.0 Å². The van der Waals surface area contributed by atoms with Crippen LogP contribution in [0.3, 0.4) is 0 Å². The van der Waals surface area contributed by atoms with Gasteiger partial charge in [0.05, 0.1) is 13.2 Å². The summed E-state index contributed by atoms with van der Waals surface area (Å²) in [6.07, 6.45) is 11.3. The number of rotatable bonds is 18. The van der Waals surface area contributed by atoms with E-state index < -0.39 is 0 Å². The average Bonchev–Trinajstić information content (AvgIpc) is 2.66. The molecule has 0 rings (SSSR count). The lowest BCUT2D eigenvalue weighted by Crippen LogP contribution is -2.25. The zero-order chi connectivity index (χ0) is 22.4. The molecule has 0 aliphatic heterocycles. The molecule has 6 atom stereocenters. The van der Waals surface area contributed by atoms with Crippen LogP contribution in [0.2, 0.25) is 30.5 Å². The fourth-order valence-corrected chi connectivity index (χ4v) is 4.95. The van der Waals surface area contributed by atoms with Crippen LogP contribution in [0.1, 0.15) is 93.9 Å². The molecule has 6 radical (unpaired) electrons. The highest BCUT2D eigenvalue weighted by Gasteiger charge is 2.21. The van der Waals surface area contributed by atoms with Crippen molar-refractivity contribution < 1.29 is 0 Å². The van der Waals surface area contributed by atoms with E-state index in [9.17, 15) is 0 Å². The Bertz CT molecular complexity index is 376. The molecule has 0 aromatic heterocycles. The van der Waals surface area contributed by atoms with E-state index in [1.807, 2.05) is 7.06 Å². The summed E-state index contributed by atoms with van der Waals surface area (Å²) in [6.45, 7) is 19.8. The quantitative estimate of drug-likeness (QED) is 0.229. The van der Waals surface area contributed by atoms with Crippen molar-refractivity contribution in [3.8, 4) is 0 Å². The van der Waals surface area contributed by atoms with Crippen LogP contribution in [0.4, 0.5) is 0 Å². The molecule has 0 nitrogen and oxygen atoms in total. The van der Waals surface area contributed by atoms with Gasteiger partial charge in [-0.05, 0) is 36.5 Å². The Morgan fingerprint density at radius 3 is 1.93 bits per heavy atom. The minimum Gasteiger partial charge on any atom is -0.107 e. The molecule has 0 fully saturated rings. The zero-order valence-corrected chi connectivity index (χ0v) is 21.3. The second-order valence-corrected chi connectivity index (χ2v) is 10.8. The zero-order valence-electron chi connectivity index (χ0n) is 21.3. The van der Waals surface area contributed by atoms with E-state index in [0.717, 1.165) is 36.2 Å². The molecule has 0 aliphatic rings. The van der Waals surface area contributed by atoms with Crippen molar-refractivity contribution >= 4 is 43.0 Å². The van der Waals surface area contributed by atoms with E-state index in [1.54, 1.807) is 0 Å². The molecule has 0 heterocycles. The minimum atomic E-state index is 0.302. The Hall–Kier alpha value is 0.390. The molecule has 0 saturated heterocycles. The van der Waals surface area contributed by atoms with Gasteiger partial charge in [-0.3, -0.25) is 0 Å². The first-order valence-corrected chi connectivity index (χ1v) is 12.8. The van der Waals surface area contributed by atoms with Crippen LogP contribution < -0.4 is 0 Å². The van der Waals surface area contributed by atoms with Gasteiger partial charge in [-0.2, -0.15) is 0 Å². The molecule has 0 aliphatic carbocycles. The monoisotopic (exact) mass is 390 g/mol. The third-order valence-corrected chi connectivity index (χ3v) is 7.22. The van der Waals surface area contributed by atoms with Gasteiger partial charge in [0.25, 0.3) is 0 Å². The second kappa shape index (κ2) is 17.0. The molecule has 0 N–H and O–H groups in total. The van der Waals surface area contributed by atoms with Crippen molar-refractivity contribution in [3.63, 3.8) is 0 Å². The van der Waals surface area contributed by atoms with E-state index in [2.05, 4.69) is 62.7 Å². The fourth-order valence-electron chi connectivity index (χ4n) is 4.95. The summed E-state index contributed by atoms with van der Waals surface area (Å²) in [5, 5.41) is 0. The van der Waals surface area contributed by atoms with Gasteiger partial charge in [0.1, 0.15) is 7.28 Å². The van der Waals surface area contributed by atoms with Gasteiger partial charge in [0.15, 0.2) is 0 Å². The second-order valence-electron chi connectivity index (χ2n) is 10.8. The first kappa shape index (κ1) is 29.4. The first-order valence-electron chi connectivity index (χ1n) is 12.8. The normalized spacial score (nSPS) is 17.7. The van der Waals surface area contributed by atoms with Crippen molar-refractivity contribution in [2.45, 2.75) is 124 Å². The maximum absolute atomic E-state index is 6.56. The Morgan fingerprint density at radius 1 is 0.793 bits per heavy atom. The highest BCUT2D eigenvalue weighted by atomic mass is 14.2. The predicted molar refractivity (Wildman–Crippen MR) is 143 cm³/mol. The lowest BCUT2D eigenvalue weighted by molar-refractivity contribution is 0.383. The standard InChI is InChI=1S/C23H48B6/c1-9-18(3)13-20(5)15-22(7)26-17-29(25)23(8)16-21(6)14-19(4)11-12-28(10-2)27-24/h18-23H,9-17H2,1-8H3. The molecular formula is C23H48B6. The van der Waals surface area contributed by atoms with E-state index in [4.69, 9.17) is 15.5 Å². The molecule has 6 heteroatoms. The molecule has 0 aromatic carbocycles. The summed E-state index contributed by atoms with van der Waals surface area (Å²) in [4.78, 5) is 0. The summed E-state index contributed by atoms with van der Waals surface area (Å²) >= 11 is 0. The van der Waals surface area contributed by atoms with Crippen molar-refractivity contribution in [1.29, 1.82) is 0 Å². The molecule has 29 heavy (non-hydrogen) atoms. The number of hydrogen-bond acceptors (Lipinski definition) is 0. The van der Waals surface area contributed by atoms with Crippen LogP contribution in [0.5, 0.6) is 0 Å². The van der Waals surface area contributed by atoms with Gasteiger partial charge >= 0.3 is 0 Å². The summed E-state index contributed by atoms with van der Waals surface area (Å²) < 4.78 is 0. The Balaban J connectivity index is 4.11. The van der Waals surface area contributed by atoms with Gasteiger partial charge < -0.3 is 0 Å². The topological polar surface area (TPSA) is 0 Å².